The number of benzene rings is 1. The molecule has 1 unspecified atom stereocenters. The molecule has 0 heterocycles. The Labute approximate surface area is 124 Å². The van der Waals surface area contributed by atoms with Crippen molar-refractivity contribution in [2.75, 3.05) is 13.1 Å². The van der Waals surface area contributed by atoms with Crippen molar-refractivity contribution in [3.05, 3.63) is 29.8 Å². The second kappa shape index (κ2) is 9.02. The van der Waals surface area contributed by atoms with E-state index in [0.29, 0.717) is 11.8 Å². The average Bonchev–Trinajstić information content (AvgIpc) is 2.39. The largest absolute Gasteiger partial charge is 0.489 e. The lowest BCUT2D eigenvalue weighted by Gasteiger charge is -2.23. The molecule has 0 spiro atoms. The third kappa shape index (κ3) is 6.42. The molecule has 114 valence electrons. The smallest absolute Gasteiger partial charge is 0.119 e. The second-order valence-electron chi connectivity index (χ2n) is 6.35. The van der Waals surface area contributed by atoms with Crippen LogP contribution in [0.1, 0.15) is 46.6 Å². The van der Waals surface area contributed by atoms with Gasteiger partial charge in [0.2, 0.25) is 0 Å². The third-order valence-electron chi connectivity index (χ3n) is 3.39. The maximum absolute atomic E-state index is 6.13. The minimum atomic E-state index is 0.228. The Balaban J connectivity index is 2.51. The Kier molecular flexibility index (Phi) is 7.68. The monoisotopic (exact) mass is 277 g/mol. The zero-order valence-electron chi connectivity index (χ0n) is 13.8. The van der Waals surface area contributed by atoms with Gasteiger partial charge in [-0.3, -0.25) is 0 Å². The Bertz CT molecular complexity index is 356. The summed E-state index contributed by atoms with van der Waals surface area (Å²) < 4.78 is 6.13. The van der Waals surface area contributed by atoms with Crippen molar-refractivity contribution in [3.63, 3.8) is 0 Å². The molecule has 0 saturated carbocycles. The van der Waals surface area contributed by atoms with Crippen molar-refractivity contribution in [3.8, 4) is 5.75 Å². The van der Waals surface area contributed by atoms with E-state index in [1.54, 1.807) is 0 Å². The fourth-order valence-electron chi connectivity index (χ4n) is 2.13. The van der Waals surface area contributed by atoms with Gasteiger partial charge in [-0.2, -0.15) is 0 Å². The molecule has 0 fully saturated rings. The van der Waals surface area contributed by atoms with Crippen LogP contribution < -0.4 is 10.1 Å². The lowest BCUT2D eigenvalue weighted by molar-refractivity contribution is 0.148. The molecule has 2 nitrogen and oxygen atoms in total. The fourth-order valence-corrected chi connectivity index (χ4v) is 2.13. The lowest BCUT2D eigenvalue weighted by Crippen LogP contribution is -2.36. The van der Waals surface area contributed by atoms with Gasteiger partial charge in [0, 0.05) is 6.54 Å². The van der Waals surface area contributed by atoms with Gasteiger partial charge in [0.25, 0.3) is 0 Å². The number of hydrogen-bond donors (Lipinski definition) is 1. The van der Waals surface area contributed by atoms with E-state index in [1.807, 2.05) is 0 Å². The molecule has 0 aliphatic rings. The number of aryl methyl sites for hydroxylation is 1. The van der Waals surface area contributed by atoms with E-state index in [2.05, 4.69) is 64.2 Å². The Morgan fingerprint density at radius 2 is 1.65 bits per heavy atom. The average molecular weight is 277 g/mol. The maximum Gasteiger partial charge on any atom is 0.119 e. The SMILES string of the molecule is CCCc1ccc(OC(CNCC(C)C)C(C)C)cc1. The summed E-state index contributed by atoms with van der Waals surface area (Å²) in [5.74, 6) is 2.16. The molecular formula is C18H31NO. The van der Waals surface area contributed by atoms with E-state index in [0.717, 1.165) is 25.3 Å². The number of ether oxygens (including phenoxy) is 1. The molecule has 1 atom stereocenters. The molecule has 0 aromatic heterocycles. The van der Waals surface area contributed by atoms with Crippen molar-refractivity contribution >= 4 is 0 Å². The molecule has 1 aromatic rings. The first kappa shape index (κ1) is 17.0. The molecule has 0 bridgehead atoms. The van der Waals surface area contributed by atoms with Crippen LogP contribution in [-0.4, -0.2) is 19.2 Å². The highest BCUT2D eigenvalue weighted by Gasteiger charge is 2.15. The third-order valence-corrected chi connectivity index (χ3v) is 3.39. The molecule has 0 aliphatic heterocycles. The highest BCUT2D eigenvalue weighted by Crippen LogP contribution is 2.17. The predicted molar refractivity (Wildman–Crippen MR) is 87.4 cm³/mol. The van der Waals surface area contributed by atoms with Gasteiger partial charge < -0.3 is 10.1 Å². The van der Waals surface area contributed by atoms with Gasteiger partial charge in [-0.25, -0.2) is 0 Å². The highest BCUT2D eigenvalue weighted by molar-refractivity contribution is 5.27. The van der Waals surface area contributed by atoms with Crippen LogP contribution in [0.25, 0.3) is 0 Å². The Morgan fingerprint density at radius 1 is 1.00 bits per heavy atom. The van der Waals surface area contributed by atoms with Crippen LogP contribution >= 0.6 is 0 Å². The molecule has 1 N–H and O–H groups in total. The van der Waals surface area contributed by atoms with E-state index in [9.17, 15) is 0 Å². The van der Waals surface area contributed by atoms with Gasteiger partial charge in [-0.15, -0.1) is 0 Å². The summed E-state index contributed by atoms with van der Waals surface area (Å²) in [6.07, 6.45) is 2.56. The molecule has 0 aliphatic carbocycles. The van der Waals surface area contributed by atoms with Crippen LogP contribution in [0.3, 0.4) is 0 Å². The zero-order valence-corrected chi connectivity index (χ0v) is 13.8. The standard InChI is InChI=1S/C18H31NO/c1-6-7-16-8-10-17(11-9-16)20-18(15(4)5)13-19-12-14(2)3/h8-11,14-15,18-19H,6-7,12-13H2,1-5H3. The summed E-state index contributed by atoms with van der Waals surface area (Å²) >= 11 is 0. The topological polar surface area (TPSA) is 21.3 Å². The van der Waals surface area contributed by atoms with Gasteiger partial charge in [-0.1, -0.05) is 53.2 Å². The minimum absolute atomic E-state index is 0.228. The highest BCUT2D eigenvalue weighted by atomic mass is 16.5. The summed E-state index contributed by atoms with van der Waals surface area (Å²) in [4.78, 5) is 0. The Hall–Kier alpha value is -1.02. The molecule has 2 heteroatoms. The van der Waals surface area contributed by atoms with Gasteiger partial charge in [0.1, 0.15) is 11.9 Å². The van der Waals surface area contributed by atoms with Crippen LogP contribution in [0, 0.1) is 11.8 Å². The normalized spacial score (nSPS) is 12.9. The maximum atomic E-state index is 6.13. The molecular weight excluding hydrogens is 246 g/mol. The van der Waals surface area contributed by atoms with E-state index < -0.39 is 0 Å². The first-order valence-corrected chi connectivity index (χ1v) is 7.99. The molecule has 0 amide bonds. The summed E-state index contributed by atoms with van der Waals surface area (Å²) in [6.45, 7) is 13.0. The van der Waals surface area contributed by atoms with Crippen LogP contribution in [0.4, 0.5) is 0 Å². The van der Waals surface area contributed by atoms with Crippen molar-refractivity contribution in [1.82, 2.24) is 5.32 Å². The molecule has 0 radical (unpaired) electrons. The number of nitrogens with one attached hydrogen (secondary N) is 1. The molecule has 20 heavy (non-hydrogen) atoms. The van der Waals surface area contributed by atoms with Crippen molar-refractivity contribution in [2.24, 2.45) is 11.8 Å². The zero-order chi connectivity index (χ0) is 15.0. The second-order valence-corrected chi connectivity index (χ2v) is 6.35. The summed E-state index contributed by atoms with van der Waals surface area (Å²) in [6, 6.07) is 8.56. The first-order chi connectivity index (χ1) is 9.52. The summed E-state index contributed by atoms with van der Waals surface area (Å²) in [5.41, 5.74) is 1.39. The lowest BCUT2D eigenvalue weighted by atomic mass is 10.1. The van der Waals surface area contributed by atoms with E-state index in [-0.39, 0.29) is 6.10 Å². The van der Waals surface area contributed by atoms with Crippen molar-refractivity contribution < 1.29 is 4.74 Å². The Morgan fingerprint density at radius 3 is 2.15 bits per heavy atom. The van der Waals surface area contributed by atoms with E-state index in [4.69, 9.17) is 4.74 Å². The fraction of sp³-hybridized carbons (Fsp3) is 0.667. The molecule has 0 saturated heterocycles. The number of hydrogen-bond acceptors (Lipinski definition) is 2. The first-order valence-electron chi connectivity index (χ1n) is 7.99. The van der Waals surface area contributed by atoms with Gasteiger partial charge in [0.15, 0.2) is 0 Å². The van der Waals surface area contributed by atoms with E-state index >= 15 is 0 Å². The van der Waals surface area contributed by atoms with Gasteiger partial charge in [0.05, 0.1) is 0 Å². The predicted octanol–water partition coefficient (Wildman–Crippen LogP) is 4.29. The minimum Gasteiger partial charge on any atom is -0.489 e. The van der Waals surface area contributed by atoms with Gasteiger partial charge in [-0.05, 0) is 42.5 Å². The van der Waals surface area contributed by atoms with Crippen LogP contribution in [0.15, 0.2) is 24.3 Å². The van der Waals surface area contributed by atoms with E-state index in [1.165, 1.54) is 12.0 Å². The van der Waals surface area contributed by atoms with Crippen LogP contribution in [0.5, 0.6) is 5.75 Å². The molecule has 1 aromatic carbocycles. The van der Waals surface area contributed by atoms with Crippen molar-refractivity contribution in [2.45, 2.75) is 53.6 Å². The number of rotatable bonds is 9. The quantitative estimate of drug-likeness (QED) is 0.727. The summed E-state index contributed by atoms with van der Waals surface area (Å²) in [7, 11) is 0. The summed E-state index contributed by atoms with van der Waals surface area (Å²) in [5, 5.41) is 3.49. The van der Waals surface area contributed by atoms with Crippen molar-refractivity contribution in [1.29, 1.82) is 0 Å². The van der Waals surface area contributed by atoms with Crippen LogP contribution in [0.2, 0.25) is 0 Å². The van der Waals surface area contributed by atoms with Gasteiger partial charge >= 0.3 is 0 Å². The molecule has 1 rings (SSSR count). The van der Waals surface area contributed by atoms with Crippen LogP contribution in [-0.2, 0) is 6.42 Å².